The molecular weight excluding hydrogens is 268 g/mol. The van der Waals surface area contributed by atoms with Gasteiger partial charge in [0.2, 0.25) is 0 Å². The first kappa shape index (κ1) is 14.0. The highest BCUT2D eigenvalue weighted by atomic mass is 16.5. The molecule has 2 aromatic rings. The van der Waals surface area contributed by atoms with Crippen molar-refractivity contribution in [1.82, 2.24) is 0 Å². The molecule has 1 heterocycles. The number of hydrogen-bond donors (Lipinski definition) is 1. The van der Waals surface area contributed by atoms with Gasteiger partial charge in [-0.25, -0.2) is 0 Å². The Morgan fingerprint density at radius 2 is 2.29 bits per heavy atom. The lowest BCUT2D eigenvalue weighted by atomic mass is 9.79. The fourth-order valence-corrected chi connectivity index (χ4v) is 3.54. The van der Waals surface area contributed by atoms with Crippen LogP contribution in [-0.2, 0) is 22.6 Å². The molecule has 0 fully saturated rings. The number of hydrogen-bond acceptors (Lipinski definition) is 4. The molecule has 1 aromatic heterocycles. The summed E-state index contributed by atoms with van der Waals surface area (Å²) < 4.78 is 10.6. The van der Waals surface area contributed by atoms with Crippen molar-refractivity contribution >= 4 is 16.9 Å². The Kier molecular flexibility index (Phi) is 3.40. The van der Waals surface area contributed by atoms with Crippen LogP contribution in [0.5, 0.6) is 5.75 Å². The van der Waals surface area contributed by atoms with Gasteiger partial charge in [0.05, 0.1) is 6.26 Å². The van der Waals surface area contributed by atoms with E-state index in [1.807, 2.05) is 0 Å². The summed E-state index contributed by atoms with van der Waals surface area (Å²) in [6.07, 6.45) is 4.70. The number of furan rings is 1. The first-order valence-corrected chi connectivity index (χ1v) is 7.38. The molecule has 0 saturated heterocycles. The lowest BCUT2D eigenvalue weighted by Crippen LogP contribution is -2.10. The van der Waals surface area contributed by atoms with E-state index in [9.17, 15) is 9.90 Å². The van der Waals surface area contributed by atoms with Gasteiger partial charge in [0, 0.05) is 23.4 Å². The molecule has 0 radical (unpaired) electrons. The first-order valence-electron chi connectivity index (χ1n) is 7.38. The van der Waals surface area contributed by atoms with E-state index in [0.717, 1.165) is 41.3 Å². The minimum atomic E-state index is -0.322. The number of benzene rings is 1. The molecule has 0 spiro atoms. The van der Waals surface area contributed by atoms with E-state index in [1.54, 1.807) is 6.26 Å². The second-order valence-corrected chi connectivity index (χ2v) is 5.90. The standard InChI is InChI=1S/C17H20O4/c1-9-5-4-6-13-14(9)10(2)15-12(7-20-11(3)18)8-21-17(15)16(13)19/h8-9,19H,4-7H2,1-3H3. The van der Waals surface area contributed by atoms with Crippen LogP contribution in [0.2, 0.25) is 0 Å². The zero-order valence-electron chi connectivity index (χ0n) is 12.7. The zero-order chi connectivity index (χ0) is 15.1. The van der Waals surface area contributed by atoms with Gasteiger partial charge in [0.1, 0.15) is 6.61 Å². The van der Waals surface area contributed by atoms with Crippen molar-refractivity contribution in [2.75, 3.05) is 0 Å². The summed E-state index contributed by atoms with van der Waals surface area (Å²) in [6.45, 7) is 5.82. The SMILES string of the molecule is CC(=O)OCc1coc2c(O)c3c(c(C)c12)C(C)CCC3. The highest BCUT2D eigenvalue weighted by Gasteiger charge is 2.27. The van der Waals surface area contributed by atoms with Crippen LogP contribution in [-0.4, -0.2) is 11.1 Å². The number of esters is 1. The maximum atomic E-state index is 11.0. The number of carbonyl (C=O) groups is 1. The third-order valence-electron chi connectivity index (χ3n) is 4.46. The summed E-state index contributed by atoms with van der Waals surface area (Å²) in [6, 6.07) is 0. The van der Waals surface area contributed by atoms with Crippen LogP contribution in [0.25, 0.3) is 11.0 Å². The van der Waals surface area contributed by atoms with Gasteiger partial charge in [0.15, 0.2) is 11.3 Å². The van der Waals surface area contributed by atoms with Crippen LogP contribution in [0.3, 0.4) is 0 Å². The van der Waals surface area contributed by atoms with E-state index in [1.165, 1.54) is 12.5 Å². The van der Waals surface area contributed by atoms with E-state index >= 15 is 0 Å². The molecule has 0 amide bonds. The van der Waals surface area contributed by atoms with Crippen molar-refractivity contribution < 1.29 is 19.1 Å². The largest absolute Gasteiger partial charge is 0.504 e. The summed E-state index contributed by atoms with van der Waals surface area (Å²) in [5.74, 6) is 0.365. The van der Waals surface area contributed by atoms with Crippen molar-refractivity contribution in [3.63, 3.8) is 0 Å². The number of aromatic hydroxyl groups is 1. The Morgan fingerprint density at radius 3 is 3.00 bits per heavy atom. The molecule has 1 unspecified atom stereocenters. The monoisotopic (exact) mass is 288 g/mol. The maximum absolute atomic E-state index is 11.0. The van der Waals surface area contributed by atoms with E-state index in [-0.39, 0.29) is 18.3 Å². The van der Waals surface area contributed by atoms with Crippen LogP contribution in [0.1, 0.15) is 54.9 Å². The van der Waals surface area contributed by atoms with Gasteiger partial charge in [-0.2, -0.15) is 0 Å². The lowest BCUT2D eigenvalue weighted by molar-refractivity contribution is -0.142. The number of phenolic OH excluding ortho intramolecular Hbond substituents is 1. The highest BCUT2D eigenvalue weighted by molar-refractivity contribution is 5.92. The van der Waals surface area contributed by atoms with Crippen molar-refractivity contribution in [1.29, 1.82) is 0 Å². The predicted octanol–water partition coefficient (Wildman–Crippen LogP) is 3.95. The van der Waals surface area contributed by atoms with Crippen LogP contribution in [0, 0.1) is 6.92 Å². The number of aryl methyl sites for hydroxylation is 1. The molecule has 112 valence electrons. The molecule has 1 aliphatic carbocycles. The second-order valence-electron chi connectivity index (χ2n) is 5.90. The van der Waals surface area contributed by atoms with Gasteiger partial charge in [0.25, 0.3) is 0 Å². The van der Waals surface area contributed by atoms with Gasteiger partial charge < -0.3 is 14.3 Å². The number of phenols is 1. The van der Waals surface area contributed by atoms with Crippen LogP contribution >= 0.6 is 0 Å². The predicted molar refractivity (Wildman–Crippen MR) is 79.4 cm³/mol. The third kappa shape index (κ3) is 2.19. The summed E-state index contributed by atoms with van der Waals surface area (Å²) >= 11 is 0. The Labute approximate surface area is 123 Å². The minimum Gasteiger partial charge on any atom is -0.504 e. The molecule has 0 saturated carbocycles. The fraction of sp³-hybridized carbons (Fsp3) is 0.471. The number of ether oxygens (including phenoxy) is 1. The van der Waals surface area contributed by atoms with Gasteiger partial charge >= 0.3 is 5.97 Å². The summed E-state index contributed by atoms with van der Waals surface area (Å²) in [5, 5.41) is 11.4. The minimum absolute atomic E-state index is 0.176. The molecule has 0 bridgehead atoms. The highest BCUT2D eigenvalue weighted by Crippen LogP contribution is 2.45. The summed E-state index contributed by atoms with van der Waals surface area (Å²) in [7, 11) is 0. The average Bonchev–Trinajstić information content (AvgIpc) is 2.86. The van der Waals surface area contributed by atoms with Crippen molar-refractivity contribution in [2.45, 2.75) is 52.6 Å². The van der Waals surface area contributed by atoms with Gasteiger partial charge in [-0.15, -0.1) is 0 Å². The molecule has 4 nitrogen and oxygen atoms in total. The van der Waals surface area contributed by atoms with E-state index < -0.39 is 0 Å². The first-order chi connectivity index (χ1) is 10.0. The Balaban J connectivity index is 2.20. The van der Waals surface area contributed by atoms with E-state index in [4.69, 9.17) is 9.15 Å². The molecule has 1 aliphatic rings. The van der Waals surface area contributed by atoms with Crippen molar-refractivity contribution in [3.05, 3.63) is 28.5 Å². The molecule has 1 aromatic carbocycles. The van der Waals surface area contributed by atoms with Crippen LogP contribution in [0.15, 0.2) is 10.7 Å². The van der Waals surface area contributed by atoms with E-state index in [0.29, 0.717) is 11.5 Å². The quantitative estimate of drug-likeness (QED) is 0.850. The van der Waals surface area contributed by atoms with Gasteiger partial charge in [-0.3, -0.25) is 4.79 Å². The second kappa shape index (κ2) is 5.10. The smallest absolute Gasteiger partial charge is 0.302 e. The van der Waals surface area contributed by atoms with Crippen molar-refractivity contribution in [2.24, 2.45) is 0 Å². The maximum Gasteiger partial charge on any atom is 0.302 e. The van der Waals surface area contributed by atoms with Gasteiger partial charge in [-0.05, 0) is 43.2 Å². The third-order valence-corrected chi connectivity index (χ3v) is 4.46. The Morgan fingerprint density at radius 1 is 1.52 bits per heavy atom. The molecule has 0 aliphatic heterocycles. The molecule has 1 N–H and O–H groups in total. The molecule has 21 heavy (non-hydrogen) atoms. The molecule has 4 heteroatoms. The number of rotatable bonds is 2. The summed E-state index contributed by atoms with van der Waals surface area (Å²) in [4.78, 5) is 11.0. The Hall–Kier alpha value is -1.97. The zero-order valence-corrected chi connectivity index (χ0v) is 12.7. The topological polar surface area (TPSA) is 59.7 Å². The van der Waals surface area contributed by atoms with E-state index in [2.05, 4.69) is 13.8 Å². The number of fused-ring (bicyclic) bond motifs is 2. The molecule has 3 rings (SSSR count). The van der Waals surface area contributed by atoms with Crippen LogP contribution < -0.4 is 0 Å². The lowest BCUT2D eigenvalue weighted by Gasteiger charge is -2.25. The van der Waals surface area contributed by atoms with Crippen LogP contribution in [0.4, 0.5) is 0 Å². The van der Waals surface area contributed by atoms with Gasteiger partial charge in [-0.1, -0.05) is 6.92 Å². The van der Waals surface area contributed by atoms with Crippen molar-refractivity contribution in [3.8, 4) is 5.75 Å². The average molecular weight is 288 g/mol. The molecular formula is C17H20O4. The molecule has 1 atom stereocenters. The normalized spacial score (nSPS) is 17.8. The number of carbonyl (C=O) groups excluding carboxylic acids is 1. The fourth-order valence-electron chi connectivity index (χ4n) is 3.54. The Bertz CT molecular complexity index is 711. The summed E-state index contributed by atoms with van der Waals surface area (Å²) in [5.41, 5.74) is 4.72.